The summed E-state index contributed by atoms with van der Waals surface area (Å²) in [6, 6.07) is 0. The summed E-state index contributed by atoms with van der Waals surface area (Å²) in [4.78, 5) is 0. The Labute approximate surface area is 96.2 Å². The van der Waals surface area contributed by atoms with E-state index in [4.69, 9.17) is 11.2 Å². The quantitative estimate of drug-likeness (QED) is 0.386. The molecule has 0 nitrogen and oxygen atoms in total. The van der Waals surface area contributed by atoms with Crippen molar-refractivity contribution in [2.24, 2.45) is 0 Å². The van der Waals surface area contributed by atoms with Gasteiger partial charge in [0.2, 0.25) is 0 Å². The van der Waals surface area contributed by atoms with E-state index in [0.717, 1.165) is 5.25 Å². The third kappa shape index (κ3) is 5.65. The molecule has 0 aromatic rings. The normalized spacial score (nSPS) is 16.7. The van der Waals surface area contributed by atoms with E-state index in [1.54, 1.807) is 0 Å². The van der Waals surface area contributed by atoms with Gasteiger partial charge in [0.25, 0.3) is 0 Å². The highest BCUT2D eigenvalue weighted by Gasteiger charge is 2.06. The van der Waals surface area contributed by atoms with E-state index < -0.39 is 0 Å². The number of hydrogen-bond acceptors (Lipinski definition) is 1. The molecule has 2 atom stereocenters. The molecule has 4 heteroatoms. The molecule has 0 bridgehead atoms. The Morgan fingerprint density at radius 2 is 2.20 bits per heavy atom. The van der Waals surface area contributed by atoms with Gasteiger partial charge in [-0.25, -0.2) is 0 Å². The summed E-state index contributed by atoms with van der Waals surface area (Å²) in [5, 5.41) is 0.797. The third-order valence-electron chi connectivity index (χ3n) is 1.38. The minimum Gasteiger partial charge on any atom is -0.0864 e. The topological polar surface area (TPSA) is 0 Å². The zero-order valence-corrected chi connectivity index (χ0v) is 11.9. The molecule has 0 aliphatic rings. The number of rotatable bonds is 5. The molecule has 10 heavy (non-hydrogen) atoms. The highest BCUT2D eigenvalue weighted by atomic mass is 127. The van der Waals surface area contributed by atoms with Gasteiger partial charge in [-0.2, -0.15) is 0 Å². The Bertz CT molecular complexity index is 106. The Balaban J connectivity index is 3.50. The molecule has 2 unspecified atom stereocenters. The third-order valence-corrected chi connectivity index (χ3v) is 6.21. The lowest BCUT2D eigenvalue weighted by atomic mass is 10.2. The second kappa shape index (κ2) is 7.67. The molecule has 0 aromatic carbocycles. The lowest BCUT2D eigenvalue weighted by Gasteiger charge is -2.10. The van der Waals surface area contributed by atoms with Crippen molar-refractivity contribution in [3.05, 3.63) is 0 Å². The van der Waals surface area contributed by atoms with Crippen molar-refractivity contribution < 1.29 is 0 Å². The van der Waals surface area contributed by atoms with Crippen LogP contribution in [0, 0.1) is 0 Å². The van der Waals surface area contributed by atoms with E-state index in [9.17, 15) is 0 Å². The molecule has 0 fully saturated rings. The van der Waals surface area contributed by atoms with Crippen molar-refractivity contribution >= 4 is 61.6 Å². The van der Waals surface area contributed by atoms with Crippen LogP contribution in [0.2, 0.25) is 0 Å². The molecule has 0 saturated heterocycles. The molecular weight excluding hydrogens is 390 g/mol. The van der Waals surface area contributed by atoms with Gasteiger partial charge in [0.05, 0.1) is 0 Å². The largest absolute Gasteiger partial charge is 0.0864 e. The van der Waals surface area contributed by atoms with E-state index >= 15 is 0 Å². The molecule has 0 aliphatic heterocycles. The summed E-state index contributed by atoms with van der Waals surface area (Å²) < 4.78 is 1.28. The van der Waals surface area contributed by atoms with Crippen molar-refractivity contribution in [3.63, 3.8) is 0 Å². The lowest BCUT2D eigenvalue weighted by Crippen LogP contribution is -2.07. The smallest absolute Gasteiger partial charge is 0.0186 e. The summed E-state index contributed by atoms with van der Waals surface area (Å²) in [5.41, 5.74) is 0. The molecule has 0 rings (SSSR count). The van der Waals surface area contributed by atoms with Crippen LogP contribution in [0.1, 0.15) is 26.2 Å². The zero-order chi connectivity index (χ0) is 7.98. The molecule has 0 spiro atoms. The first-order chi connectivity index (χ1) is 4.72. The van der Waals surface area contributed by atoms with Gasteiger partial charge in [-0.05, 0) is 34.9 Å². The Kier molecular flexibility index (Phi) is 9.22. The van der Waals surface area contributed by atoms with Gasteiger partial charge in [-0.1, -0.05) is 36.1 Å². The molecule has 0 aromatic heterocycles. The predicted molar refractivity (Wildman–Crippen MR) is 71.0 cm³/mol. The van der Waals surface area contributed by atoms with Crippen LogP contribution in [-0.2, 0) is 17.8 Å². The standard InChI is InChI=1S/C6H12I2S2/c1-2-6(10(8)9)4-3-5-7/h6H,2-5H2,1H3. The monoisotopic (exact) mass is 402 g/mol. The Hall–Kier alpha value is 2.03. The highest BCUT2D eigenvalue weighted by molar-refractivity contribution is 14.2. The van der Waals surface area contributed by atoms with Crippen LogP contribution >= 0.6 is 43.8 Å². The maximum atomic E-state index is 5.22. The summed E-state index contributed by atoms with van der Waals surface area (Å²) in [6.07, 6.45) is 3.92. The minimum atomic E-state index is 0.195. The van der Waals surface area contributed by atoms with E-state index in [2.05, 4.69) is 50.7 Å². The first kappa shape index (κ1) is 12.0. The van der Waals surface area contributed by atoms with Gasteiger partial charge in [0, 0.05) is 26.5 Å². The fourth-order valence-corrected chi connectivity index (χ4v) is 4.33. The van der Waals surface area contributed by atoms with Crippen LogP contribution in [-0.4, -0.2) is 9.68 Å². The van der Waals surface area contributed by atoms with Crippen LogP contribution in [0.4, 0.5) is 0 Å². The van der Waals surface area contributed by atoms with Gasteiger partial charge < -0.3 is 0 Å². The van der Waals surface area contributed by atoms with Crippen LogP contribution < -0.4 is 0 Å². The predicted octanol–water partition coefficient (Wildman–Crippen LogP) is 3.41. The molecular formula is C6H12I2S2. The average molecular weight is 402 g/mol. The summed E-state index contributed by atoms with van der Waals surface area (Å²) in [7, 11) is 0. The Morgan fingerprint density at radius 3 is 2.50 bits per heavy atom. The second-order valence-electron chi connectivity index (χ2n) is 2.11. The maximum Gasteiger partial charge on any atom is 0.0186 e. The summed E-state index contributed by atoms with van der Waals surface area (Å²) in [5.74, 6) is 0. The highest BCUT2D eigenvalue weighted by Crippen LogP contribution is 2.15. The van der Waals surface area contributed by atoms with Gasteiger partial charge >= 0.3 is 0 Å². The number of hydrogen-bond donors (Lipinski definition) is 0. The molecule has 0 amide bonds. The van der Waals surface area contributed by atoms with Gasteiger partial charge in [0.15, 0.2) is 0 Å². The average Bonchev–Trinajstić information content (AvgIpc) is 1.89. The van der Waals surface area contributed by atoms with Crippen LogP contribution in [0.3, 0.4) is 0 Å². The minimum absolute atomic E-state index is 0.195. The van der Waals surface area contributed by atoms with Crippen molar-refractivity contribution in [3.8, 4) is 0 Å². The van der Waals surface area contributed by atoms with Gasteiger partial charge in [-0.15, -0.1) is 0 Å². The van der Waals surface area contributed by atoms with Crippen LogP contribution in [0.5, 0.6) is 0 Å². The molecule has 0 aliphatic carbocycles. The first-order valence-corrected chi connectivity index (χ1v) is 9.63. The Morgan fingerprint density at radius 1 is 1.60 bits per heavy atom. The summed E-state index contributed by atoms with van der Waals surface area (Å²) >= 11 is 10.0. The van der Waals surface area contributed by atoms with E-state index in [1.807, 2.05) is 0 Å². The van der Waals surface area contributed by atoms with E-state index in [0.29, 0.717) is 0 Å². The van der Waals surface area contributed by atoms with E-state index in [1.165, 1.54) is 23.7 Å². The van der Waals surface area contributed by atoms with Crippen LogP contribution in [0.15, 0.2) is 0 Å². The molecule has 0 radical (unpaired) electrons. The van der Waals surface area contributed by atoms with Crippen molar-refractivity contribution in [1.29, 1.82) is 0 Å². The first-order valence-electron chi connectivity index (χ1n) is 3.35. The second-order valence-corrected chi connectivity index (χ2v) is 10.1. The van der Waals surface area contributed by atoms with E-state index in [-0.39, 0.29) is 6.63 Å². The fourth-order valence-electron chi connectivity index (χ4n) is 0.733. The van der Waals surface area contributed by atoms with Gasteiger partial charge in [-0.3, -0.25) is 0 Å². The van der Waals surface area contributed by atoms with Gasteiger partial charge in [0.1, 0.15) is 0 Å². The number of halogens is 2. The SMILES string of the molecule is CCC(CCCI)S(=S)I. The lowest BCUT2D eigenvalue weighted by molar-refractivity contribution is 0.730. The number of alkyl halides is 1. The molecule has 62 valence electrons. The maximum absolute atomic E-state index is 5.22. The molecule has 0 saturated carbocycles. The summed E-state index contributed by atoms with van der Waals surface area (Å²) in [6.45, 7) is 2.43. The fraction of sp³-hybridized carbons (Fsp3) is 1.00. The molecule has 0 heterocycles. The van der Waals surface area contributed by atoms with Crippen molar-refractivity contribution in [2.45, 2.75) is 31.4 Å². The van der Waals surface area contributed by atoms with Crippen molar-refractivity contribution in [2.75, 3.05) is 4.43 Å². The van der Waals surface area contributed by atoms with Crippen LogP contribution in [0.25, 0.3) is 0 Å². The zero-order valence-electron chi connectivity index (χ0n) is 5.98. The molecule has 0 N–H and O–H groups in total. The van der Waals surface area contributed by atoms with Crippen molar-refractivity contribution in [1.82, 2.24) is 0 Å².